The number of hydrogen-bond donors (Lipinski definition) is 1. The number of fused-ring (bicyclic) bond motifs is 1. The average Bonchev–Trinajstić information content (AvgIpc) is 2.57. The predicted octanol–water partition coefficient (Wildman–Crippen LogP) is 1.81. The summed E-state index contributed by atoms with van der Waals surface area (Å²) in [4.78, 5) is 28.1. The predicted molar refractivity (Wildman–Crippen MR) is 79.9 cm³/mol. The van der Waals surface area contributed by atoms with Crippen molar-refractivity contribution < 1.29 is 14.3 Å². The van der Waals surface area contributed by atoms with Crippen LogP contribution in [0, 0.1) is 11.3 Å². The molecule has 22 heavy (non-hydrogen) atoms. The highest BCUT2D eigenvalue weighted by molar-refractivity contribution is 5.99. The van der Waals surface area contributed by atoms with Crippen molar-refractivity contribution in [3.8, 4) is 6.07 Å². The molecule has 0 aliphatic heterocycles. The molecule has 1 aromatic carbocycles. The van der Waals surface area contributed by atoms with Crippen LogP contribution in [0.4, 0.5) is 0 Å². The molecule has 0 fully saturated rings. The zero-order valence-electron chi connectivity index (χ0n) is 12.1. The fraction of sp³-hybridized carbons (Fsp3) is 0.250. The second-order valence-corrected chi connectivity index (χ2v) is 4.66. The van der Waals surface area contributed by atoms with Gasteiger partial charge in [0.15, 0.2) is 0 Å². The zero-order valence-corrected chi connectivity index (χ0v) is 12.1. The molecule has 6 heteroatoms. The summed E-state index contributed by atoms with van der Waals surface area (Å²) in [7, 11) is 1.24. The number of pyridine rings is 1. The molecule has 1 aromatic heterocycles. The van der Waals surface area contributed by atoms with E-state index in [0.29, 0.717) is 5.56 Å². The van der Waals surface area contributed by atoms with E-state index in [9.17, 15) is 9.59 Å². The molecular weight excluding hydrogens is 282 g/mol. The third-order valence-electron chi connectivity index (χ3n) is 3.19. The average molecular weight is 297 g/mol. The largest absolute Gasteiger partial charge is 0.467 e. The number of nitrogens with one attached hydrogen (secondary N) is 1. The van der Waals surface area contributed by atoms with Crippen LogP contribution in [0.3, 0.4) is 0 Å². The van der Waals surface area contributed by atoms with E-state index in [2.05, 4.69) is 15.0 Å². The highest BCUT2D eigenvalue weighted by Crippen LogP contribution is 2.13. The number of aromatic nitrogens is 1. The molecule has 1 N–H and O–H groups in total. The molecule has 112 valence electrons. The third kappa shape index (κ3) is 3.58. The first-order valence-corrected chi connectivity index (χ1v) is 6.76. The number of nitrogens with zero attached hydrogens (tertiary/aromatic N) is 2. The summed E-state index contributed by atoms with van der Waals surface area (Å²) in [6.45, 7) is 0. The quantitative estimate of drug-likeness (QED) is 0.850. The number of rotatable bonds is 5. The Morgan fingerprint density at radius 3 is 2.91 bits per heavy atom. The summed E-state index contributed by atoms with van der Waals surface area (Å²) >= 11 is 0. The molecule has 1 atom stereocenters. The number of ether oxygens (including phenoxy) is 1. The number of esters is 1. The first-order valence-electron chi connectivity index (χ1n) is 6.76. The van der Waals surface area contributed by atoms with Gasteiger partial charge in [0.2, 0.25) is 0 Å². The van der Waals surface area contributed by atoms with Gasteiger partial charge in [0, 0.05) is 18.0 Å². The fourth-order valence-electron chi connectivity index (χ4n) is 2.04. The van der Waals surface area contributed by atoms with Gasteiger partial charge in [0.1, 0.15) is 6.04 Å². The smallest absolute Gasteiger partial charge is 0.328 e. The lowest BCUT2D eigenvalue weighted by Gasteiger charge is -2.15. The molecule has 1 amide bonds. The van der Waals surface area contributed by atoms with Crippen LogP contribution in [-0.2, 0) is 9.53 Å². The molecule has 1 heterocycles. The van der Waals surface area contributed by atoms with Crippen LogP contribution in [0.25, 0.3) is 10.9 Å². The van der Waals surface area contributed by atoms with Crippen molar-refractivity contribution in [1.29, 1.82) is 5.26 Å². The van der Waals surface area contributed by atoms with Gasteiger partial charge in [-0.2, -0.15) is 5.26 Å². The molecule has 0 unspecified atom stereocenters. The van der Waals surface area contributed by atoms with Crippen LogP contribution >= 0.6 is 0 Å². The molecule has 0 spiro atoms. The standard InChI is InChI=1S/C16H15N3O3/c1-22-16(21)14(7-4-8-17)19-15(20)12-9-11-5-2-3-6-13(11)18-10-12/h2-3,5-6,9-10,14H,4,7H2,1H3,(H,19,20)/t14-/m1/s1. The number of para-hydroxylation sites is 1. The third-order valence-corrected chi connectivity index (χ3v) is 3.19. The van der Waals surface area contributed by atoms with Crippen molar-refractivity contribution in [2.45, 2.75) is 18.9 Å². The molecule has 6 nitrogen and oxygen atoms in total. The zero-order chi connectivity index (χ0) is 15.9. The van der Waals surface area contributed by atoms with Gasteiger partial charge >= 0.3 is 5.97 Å². The lowest BCUT2D eigenvalue weighted by Crippen LogP contribution is -2.41. The highest BCUT2D eigenvalue weighted by Gasteiger charge is 2.22. The summed E-state index contributed by atoms with van der Waals surface area (Å²) in [6.07, 6.45) is 1.81. The van der Waals surface area contributed by atoms with E-state index in [-0.39, 0.29) is 12.8 Å². The fourth-order valence-corrected chi connectivity index (χ4v) is 2.04. The second kappa shape index (κ2) is 7.18. The van der Waals surface area contributed by atoms with E-state index in [1.165, 1.54) is 13.3 Å². The SMILES string of the molecule is COC(=O)[C@@H](CCC#N)NC(=O)c1cnc2ccccc2c1. The molecule has 2 rings (SSSR count). The maximum absolute atomic E-state index is 12.2. The minimum absolute atomic E-state index is 0.149. The van der Waals surface area contributed by atoms with Gasteiger partial charge in [0.25, 0.3) is 5.91 Å². The summed E-state index contributed by atoms with van der Waals surface area (Å²) in [5.41, 5.74) is 1.14. The maximum Gasteiger partial charge on any atom is 0.328 e. The van der Waals surface area contributed by atoms with Crippen molar-refractivity contribution in [3.05, 3.63) is 42.1 Å². The van der Waals surface area contributed by atoms with Crippen molar-refractivity contribution in [2.24, 2.45) is 0 Å². The lowest BCUT2D eigenvalue weighted by atomic mass is 10.1. The van der Waals surface area contributed by atoms with Gasteiger partial charge < -0.3 is 10.1 Å². The van der Waals surface area contributed by atoms with E-state index in [1.54, 1.807) is 6.07 Å². The Morgan fingerprint density at radius 2 is 2.18 bits per heavy atom. The highest BCUT2D eigenvalue weighted by atomic mass is 16.5. The van der Waals surface area contributed by atoms with Gasteiger partial charge in [0.05, 0.1) is 24.3 Å². The van der Waals surface area contributed by atoms with Gasteiger partial charge in [-0.15, -0.1) is 0 Å². The van der Waals surface area contributed by atoms with Crippen LogP contribution in [0.2, 0.25) is 0 Å². The number of methoxy groups -OCH3 is 1. The first kappa shape index (κ1) is 15.4. The summed E-state index contributed by atoms with van der Waals surface area (Å²) in [5, 5.41) is 12.0. The van der Waals surface area contributed by atoms with Crippen LogP contribution < -0.4 is 5.32 Å². The van der Waals surface area contributed by atoms with Crippen LogP contribution in [0.15, 0.2) is 36.5 Å². The number of carbonyl (C=O) groups is 2. The molecule has 0 aliphatic rings. The Bertz CT molecular complexity index is 737. The second-order valence-electron chi connectivity index (χ2n) is 4.66. The number of carbonyl (C=O) groups excluding carboxylic acids is 2. The Labute approximate surface area is 127 Å². The first-order chi connectivity index (χ1) is 10.7. The number of amides is 1. The van der Waals surface area contributed by atoms with Gasteiger partial charge in [-0.3, -0.25) is 9.78 Å². The minimum Gasteiger partial charge on any atom is -0.467 e. The molecule has 0 saturated heterocycles. The van der Waals surface area contributed by atoms with Gasteiger partial charge in [-0.25, -0.2) is 4.79 Å². The van der Waals surface area contributed by atoms with E-state index < -0.39 is 17.9 Å². The Hall–Kier alpha value is -2.94. The van der Waals surface area contributed by atoms with E-state index >= 15 is 0 Å². The van der Waals surface area contributed by atoms with E-state index in [0.717, 1.165) is 10.9 Å². The van der Waals surface area contributed by atoms with Crippen molar-refractivity contribution >= 4 is 22.8 Å². The minimum atomic E-state index is -0.844. The topological polar surface area (TPSA) is 92.1 Å². The molecular formula is C16H15N3O3. The Morgan fingerprint density at radius 1 is 1.41 bits per heavy atom. The van der Waals surface area contributed by atoms with Crippen molar-refractivity contribution in [1.82, 2.24) is 10.3 Å². The van der Waals surface area contributed by atoms with Crippen LogP contribution in [0.1, 0.15) is 23.2 Å². The lowest BCUT2D eigenvalue weighted by molar-refractivity contribution is -0.143. The number of hydrogen-bond acceptors (Lipinski definition) is 5. The Kier molecular flexibility index (Phi) is 5.04. The number of nitriles is 1. The van der Waals surface area contributed by atoms with E-state index in [4.69, 9.17) is 5.26 Å². The molecule has 0 radical (unpaired) electrons. The summed E-state index contributed by atoms with van der Waals surface area (Å²) < 4.78 is 4.64. The van der Waals surface area contributed by atoms with Crippen LogP contribution in [-0.4, -0.2) is 30.0 Å². The summed E-state index contributed by atoms with van der Waals surface area (Å²) in [5.74, 6) is -0.996. The summed E-state index contributed by atoms with van der Waals surface area (Å²) in [6, 6.07) is 10.2. The normalized spacial score (nSPS) is 11.5. The molecule has 0 saturated carbocycles. The molecule has 0 aliphatic carbocycles. The maximum atomic E-state index is 12.2. The molecule has 2 aromatic rings. The number of benzene rings is 1. The van der Waals surface area contributed by atoms with Crippen molar-refractivity contribution in [2.75, 3.05) is 7.11 Å². The monoisotopic (exact) mass is 297 g/mol. The van der Waals surface area contributed by atoms with Gasteiger partial charge in [-0.05, 0) is 18.6 Å². The van der Waals surface area contributed by atoms with Crippen molar-refractivity contribution in [3.63, 3.8) is 0 Å². The Balaban J connectivity index is 2.17. The van der Waals surface area contributed by atoms with Crippen LogP contribution in [0.5, 0.6) is 0 Å². The molecule has 0 bridgehead atoms. The van der Waals surface area contributed by atoms with E-state index in [1.807, 2.05) is 30.3 Å². The van der Waals surface area contributed by atoms with Gasteiger partial charge in [-0.1, -0.05) is 18.2 Å².